The summed E-state index contributed by atoms with van der Waals surface area (Å²) in [5, 5.41) is 1.06. The maximum atomic E-state index is 12.5. The minimum atomic E-state index is -3.49. The zero-order valence-electron chi connectivity index (χ0n) is 14.0. The molecule has 2 aromatic rings. The van der Waals surface area contributed by atoms with E-state index in [-0.39, 0.29) is 12.2 Å². The number of morpholine rings is 1. The third kappa shape index (κ3) is 3.92. The van der Waals surface area contributed by atoms with E-state index in [9.17, 15) is 8.42 Å². The highest BCUT2D eigenvalue weighted by Gasteiger charge is 2.30. The van der Waals surface area contributed by atoms with Crippen LogP contribution in [0.5, 0.6) is 0 Å². The minimum Gasteiger partial charge on any atom is -0.373 e. The Labute approximate surface area is 143 Å². The Balaban J connectivity index is 1.65. The lowest BCUT2D eigenvalue weighted by Gasteiger charge is -2.34. The highest BCUT2D eigenvalue weighted by atomic mass is 32.2. The van der Waals surface area contributed by atoms with Gasteiger partial charge in [0.15, 0.2) is 0 Å². The molecule has 6 nitrogen and oxygen atoms in total. The van der Waals surface area contributed by atoms with Gasteiger partial charge in [-0.1, -0.05) is 24.3 Å². The van der Waals surface area contributed by atoms with Gasteiger partial charge in [0.25, 0.3) is 10.2 Å². The van der Waals surface area contributed by atoms with E-state index >= 15 is 0 Å². The van der Waals surface area contributed by atoms with Crippen molar-refractivity contribution in [1.82, 2.24) is 14.0 Å². The number of nitrogens with zero attached hydrogens (tertiary/aromatic N) is 2. The molecule has 0 unspecified atom stereocenters. The summed E-state index contributed by atoms with van der Waals surface area (Å²) in [5.41, 5.74) is 1.97. The van der Waals surface area contributed by atoms with Crippen molar-refractivity contribution in [2.45, 2.75) is 32.5 Å². The minimum absolute atomic E-state index is 0.0902. The lowest BCUT2D eigenvalue weighted by Crippen LogP contribution is -2.52. The zero-order valence-corrected chi connectivity index (χ0v) is 14.8. The summed E-state index contributed by atoms with van der Waals surface area (Å²) < 4.78 is 34.7. The first-order valence-electron chi connectivity index (χ1n) is 8.18. The molecule has 1 N–H and O–H groups in total. The van der Waals surface area contributed by atoms with Crippen LogP contribution in [0.25, 0.3) is 10.9 Å². The quantitative estimate of drug-likeness (QED) is 0.892. The maximum absolute atomic E-state index is 12.5. The Hall–Kier alpha value is -1.54. The molecule has 1 aliphatic heterocycles. The summed E-state index contributed by atoms with van der Waals surface area (Å²) in [6, 6.07) is 9.87. The molecule has 0 radical (unpaired) electrons. The molecule has 0 aliphatic carbocycles. The highest BCUT2D eigenvalue weighted by Crippen LogP contribution is 2.17. The van der Waals surface area contributed by atoms with E-state index in [4.69, 9.17) is 4.74 Å². The number of fused-ring (bicyclic) bond motifs is 1. The molecule has 2 atom stereocenters. The number of rotatable bonds is 5. The molecule has 0 amide bonds. The molecule has 3 rings (SSSR count). The first-order valence-corrected chi connectivity index (χ1v) is 9.62. The summed E-state index contributed by atoms with van der Waals surface area (Å²) in [6.45, 7) is 4.89. The Kier molecular flexibility index (Phi) is 5.15. The fraction of sp³-hybridized carbons (Fsp3) is 0.471. The second-order valence-corrected chi connectivity index (χ2v) is 7.97. The lowest BCUT2D eigenvalue weighted by molar-refractivity contribution is -0.0443. The van der Waals surface area contributed by atoms with Gasteiger partial charge in [-0.25, -0.2) is 4.72 Å². The first-order chi connectivity index (χ1) is 11.5. The van der Waals surface area contributed by atoms with Crippen LogP contribution in [0.2, 0.25) is 0 Å². The van der Waals surface area contributed by atoms with Gasteiger partial charge in [-0.2, -0.15) is 12.7 Å². The van der Waals surface area contributed by atoms with Crippen LogP contribution in [0.15, 0.2) is 36.5 Å². The topological polar surface area (TPSA) is 71.5 Å². The maximum Gasteiger partial charge on any atom is 0.279 e. The van der Waals surface area contributed by atoms with E-state index in [1.165, 1.54) is 4.31 Å². The predicted octanol–water partition coefficient (Wildman–Crippen LogP) is 1.72. The largest absolute Gasteiger partial charge is 0.373 e. The summed E-state index contributed by atoms with van der Waals surface area (Å²) >= 11 is 0. The number of ether oxygens (including phenoxy) is 1. The number of para-hydroxylation sites is 1. The van der Waals surface area contributed by atoms with E-state index in [0.717, 1.165) is 16.5 Å². The van der Waals surface area contributed by atoms with Gasteiger partial charge in [0, 0.05) is 31.2 Å². The fourth-order valence-corrected chi connectivity index (χ4v) is 4.46. The SMILES string of the molecule is C[C@H]1CN(S(=O)(=O)NCCc2cccc3cccnc23)C[C@H](C)O1. The van der Waals surface area contributed by atoms with Crippen LogP contribution in [0, 0.1) is 0 Å². The molecule has 0 spiro atoms. The number of pyridine rings is 1. The lowest BCUT2D eigenvalue weighted by atomic mass is 10.1. The summed E-state index contributed by atoms with van der Waals surface area (Å²) in [6.07, 6.45) is 2.18. The molecular weight excluding hydrogens is 326 g/mol. The third-order valence-corrected chi connectivity index (χ3v) is 5.67. The van der Waals surface area contributed by atoms with Gasteiger partial charge < -0.3 is 4.74 Å². The van der Waals surface area contributed by atoms with E-state index in [2.05, 4.69) is 9.71 Å². The summed E-state index contributed by atoms with van der Waals surface area (Å²) in [4.78, 5) is 4.40. The molecule has 1 aliphatic rings. The smallest absolute Gasteiger partial charge is 0.279 e. The Morgan fingerprint density at radius 2 is 1.92 bits per heavy atom. The van der Waals surface area contributed by atoms with Crippen molar-refractivity contribution in [3.63, 3.8) is 0 Å². The normalized spacial score (nSPS) is 22.8. The fourth-order valence-electron chi connectivity index (χ4n) is 3.10. The molecule has 7 heteroatoms. The van der Waals surface area contributed by atoms with Crippen molar-refractivity contribution in [3.05, 3.63) is 42.1 Å². The monoisotopic (exact) mass is 349 g/mol. The second-order valence-electron chi connectivity index (χ2n) is 6.22. The van der Waals surface area contributed by atoms with Gasteiger partial charge in [-0.05, 0) is 31.9 Å². The molecule has 130 valence electrons. The first kappa shape index (κ1) is 17.3. The van der Waals surface area contributed by atoms with Gasteiger partial charge in [0.2, 0.25) is 0 Å². The van der Waals surface area contributed by atoms with Gasteiger partial charge >= 0.3 is 0 Å². The molecule has 1 saturated heterocycles. The molecule has 2 heterocycles. The van der Waals surface area contributed by atoms with Crippen molar-refractivity contribution in [1.29, 1.82) is 0 Å². The van der Waals surface area contributed by atoms with Crippen molar-refractivity contribution in [3.8, 4) is 0 Å². The highest BCUT2D eigenvalue weighted by molar-refractivity contribution is 7.87. The van der Waals surface area contributed by atoms with Crippen molar-refractivity contribution >= 4 is 21.1 Å². The van der Waals surface area contributed by atoms with Crippen molar-refractivity contribution in [2.24, 2.45) is 0 Å². The van der Waals surface area contributed by atoms with Crippen LogP contribution >= 0.6 is 0 Å². The van der Waals surface area contributed by atoms with Gasteiger partial charge in [0.05, 0.1) is 17.7 Å². The van der Waals surface area contributed by atoms with Gasteiger partial charge in [0.1, 0.15) is 0 Å². The molecular formula is C17H23N3O3S. The Morgan fingerprint density at radius 1 is 1.21 bits per heavy atom. The molecule has 0 saturated carbocycles. The number of benzene rings is 1. The molecule has 24 heavy (non-hydrogen) atoms. The standard InChI is InChI=1S/C17H23N3O3S/c1-13-11-20(12-14(2)23-13)24(21,22)19-10-8-16-6-3-5-15-7-4-9-18-17(15)16/h3-7,9,13-14,19H,8,10-12H2,1-2H3/t13-,14-/m0/s1. The van der Waals surface area contributed by atoms with E-state index in [1.807, 2.05) is 44.2 Å². The van der Waals surface area contributed by atoms with Crippen LogP contribution in [0.3, 0.4) is 0 Å². The molecule has 1 aromatic carbocycles. The molecule has 1 fully saturated rings. The van der Waals surface area contributed by atoms with Crippen molar-refractivity contribution in [2.75, 3.05) is 19.6 Å². The zero-order chi connectivity index (χ0) is 17.2. The Morgan fingerprint density at radius 3 is 2.67 bits per heavy atom. The average molecular weight is 349 g/mol. The number of aromatic nitrogens is 1. The van der Waals surface area contributed by atoms with E-state index in [1.54, 1.807) is 6.20 Å². The van der Waals surface area contributed by atoms with Crippen LogP contribution < -0.4 is 4.72 Å². The van der Waals surface area contributed by atoms with Crippen LogP contribution in [0.1, 0.15) is 19.4 Å². The van der Waals surface area contributed by atoms with Crippen LogP contribution in [0.4, 0.5) is 0 Å². The summed E-state index contributed by atoms with van der Waals surface area (Å²) in [7, 11) is -3.49. The van der Waals surface area contributed by atoms with E-state index in [0.29, 0.717) is 26.1 Å². The summed E-state index contributed by atoms with van der Waals surface area (Å²) in [5.74, 6) is 0. The second kappa shape index (κ2) is 7.14. The van der Waals surface area contributed by atoms with Crippen LogP contribution in [-0.4, -0.2) is 49.5 Å². The van der Waals surface area contributed by atoms with Gasteiger partial charge in [-0.15, -0.1) is 0 Å². The van der Waals surface area contributed by atoms with E-state index < -0.39 is 10.2 Å². The Bertz CT molecular complexity index is 794. The van der Waals surface area contributed by atoms with Gasteiger partial charge in [-0.3, -0.25) is 4.98 Å². The number of hydrogen-bond acceptors (Lipinski definition) is 4. The molecule has 0 bridgehead atoms. The molecule has 1 aromatic heterocycles. The van der Waals surface area contributed by atoms with Crippen LogP contribution in [-0.2, 0) is 21.4 Å². The van der Waals surface area contributed by atoms with Crippen molar-refractivity contribution < 1.29 is 13.2 Å². The average Bonchev–Trinajstić information content (AvgIpc) is 2.54. The number of nitrogens with one attached hydrogen (secondary N) is 1. The number of hydrogen-bond donors (Lipinski definition) is 1. The third-order valence-electron chi connectivity index (χ3n) is 4.12. The predicted molar refractivity (Wildman–Crippen MR) is 94.0 cm³/mol.